The maximum absolute atomic E-state index is 13.6. The Bertz CT molecular complexity index is 1180. The number of carbonyl (C=O) groups excluding carboxylic acids is 1. The Hall–Kier alpha value is -2.44. The van der Waals surface area contributed by atoms with Gasteiger partial charge in [0, 0.05) is 30.1 Å². The molecule has 3 saturated heterocycles. The molecule has 0 aromatic heterocycles. The molecule has 2 N–H and O–H groups in total. The monoisotopic (exact) mass is 462 g/mol. The number of carbonyl (C=O) groups is 1. The number of amides is 1. The van der Waals surface area contributed by atoms with Gasteiger partial charge in [-0.15, -0.1) is 0 Å². The molecule has 1 saturated carbocycles. The third kappa shape index (κ3) is 2.88. The van der Waals surface area contributed by atoms with Gasteiger partial charge in [0.2, 0.25) is 0 Å². The number of ether oxygens (including phenoxy) is 1. The molecular weight excluding hydrogens is 431 g/mol. The summed E-state index contributed by atoms with van der Waals surface area (Å²) in [6.45, 7) is 2.64. The summed E-state index contributed by atoms with van der Waals surface area (Å²) in [6, 6.07) is 12.1. The minimum atomic E-state index is -0.427. The van der Waals surface area contributed by atoms with E-state index in [4.69, 9.17) is 4.74 Å². The fourth-order valence-corrected chi connectivity index (χ4v) is 7.86. The molecule has 2 aromatic rings. The number of piperidine rings is 1. The first-order chi connectivity index (χ1) is 16.4. The van der Waals surface area contributed by atoms with Gasteiger partial charge in [0.15, 0.2) is 0 Å². The Labute approximate surface area is 199 Å². The standard InChI is InChI=1S/C28H31FN2O3/c29-21-3-1-2-20(12-21)25(33)30-17-26-8-9-28(34-26)24-13-19-6-7-22(32)14-23(19)27(28,16-26)10-11-31(24)15-18-4-5-18/h1-3,6-7,12,14,18,24,32H,4-5,8-11,13,15-17H2,(H,30,33)/t24-,26+,27-,28-/m1/s1. The number of halogens is 1. The molecule has 5 nitrogen and oxygen atoms in total. The lowest BCUT2D eigenvalue weighted by molar-refractivity contribution is -0.139. The number of nitrogens with zero attached hydrogens (tertiary/aromatic N) is 1. The molecule has 3 heterocycles. The lowest BCUT2D eigenvalue weighted by Gasteiger charge is -2.60. The van der Waals surface area contributed by atoms with Gasteiger partial charge in [0.05, 0.1) is 11.2 Å². The highest BCUT2D eigenvalue weighted by Crippen LogP contribution is 2.69. The molecule has 34 heavy (non-hydrogen) atoms. The molecule has 4 atom stereocenters. The molecule has 0 radical (unpaired) electrons. The van der Waals surface area contributed by atoms with E-state index in [1.54, 1.807) is 12.1 Å². The van der Waals surface area contributed by atoms with E-state index in [9.17, 15) is 14.3 Å². The van der Waals surface area contributed by atoms with E-state index in [-0.39, 0.29) is 16.9 Å². The number of phenols is 1. The number of phenolic OH excluding ortho intramolecular Hbond substituents is 1. The van der Waals surface area contributed by atoms with E-state index < -0.39 is 11.4 Å². The normalized spacial score (nSPS) is 35.6. The first-order valence-corrected chi connectivity index (χ1v) is 12.7. The zero-order chi connectivity index (χ0) is 23.1. The van der Waals surface area contributed by atoms with Gasteiger partial charge in [-0.2, -0.15) is 0 Å². The fourth-order valence-electron chi connectivity index (χ4n) is 7.86. The van der Waals surface area contributed by atoms with E-state index >= 15 is 0 Å². The highest BCUT2D eigenvalue weighted by Gasteiger charge is 2.75. The second kappa shape index (κ2) is 7.05. The van der Waals surface area contributed by atoms with Crippen LogP contribution in [0.4, 0.5) is 4.39 Å². The Balaban J connectivity index is 1.23. The van der Waals surface area contributed by atoms with E-state index in [1.807, 2.05) is 12.1 Å². The van der Waals surface area contributed by atoms with Crippen molar-refractivity contribution in [3.63, 3.8) is 0 Å². The summed E-state index contributed by atoms with van der Waals surface area (Å²) in [5.41, 5.74) is 2.10. The van der Waals surface area contributed by atoms with E-state index in [0.29, 0.717) is 23.9 Å². The Morgan fingerprint density at radius 1 is 1.18 bits per heavy atom. The summed E-state index contributed by atoms with van der Waals surface area (Å²) in [6.07, 6.45) is 7.39. The highest BCUT2D eigenvalue weighted by molar-refractivity contribution is 5.94. The molecular formula is C28H31FN2O3. The van der Waals surface area contributed by atoms with Gasteiger partial charge in [-0.05, 0) is 98.9 Å². The minimum absolute atomic E-state index is 0.133. The highest BCUT2D eigenvalue weighted by atomic mass is 19.1. The van der Waals surface area contributed by atoms with Crippen molar-refractivity contribution in [2.24, 2.45) is 5.92 Å². The number of hydrogen-bond acceptors (Lipinski definition) is 4. The molecule has 0 unspecified atom stereocenters. The van der Waals surface area contributed by atoms with Crippen molar-refractivity contribution in [2.45, 2.75) is 67.6 Å². The Morgan fingerprint density at radius 2 is 2.06 bits per heavy atom. The summed E-state index contributed by atoms with van der Waals surface area (Å²) in [7, 11) is 0. The zero-order valence-corrected chi connectivity index (χ0v) is 19.4. The van der Waals surface area contributed by atoms with Crippen LogP contribution >= 0.6 is 0 Å². The van der Waals surface area contributed by atoms with E-state index in [2.05, 4.69) is 16.3 Å². The quantitative estimate of drug-likeness (QED) is 0.707. The SMILES string of the molecule is O=C(NC[C@@]12CC[C@@]3(O1)[C@H]1Cc4ccc(O)cc4[C@@]3(CCN1CC1CC1)C2)c1cccc(F)c1. The largest absolute Gasteiger partial charge is 0.508 e. The van der Waals surface area contributed by atoms with Gasteiger partial charge < -0.3 is 15.2 Å². The maximum Gasteiger partial charge on any atom is 0.251 e. The second-order valence-electron chi connectivity index (χ2n) is 11.4. The Kier molecular flexibility index (Phi) is 4.33. The predicted octanol–water partition coefficient (Wildman–Crippen LogP) is 3.93. The number of benzene rings is 2. The third-order valence-electron chi connectivity index (χ3n) is 9.46. The zero-order valence-electron chi connectivity index (χ0n) is 19.4. The van der Waals surface area contributed by atoms with Crippen LogP contribution in [0, 0.1) is 11.7 Å². The molecule has 1 spiro atoms. The van der Waals surface area contributed by atoms with Crippen molar-refractivity contribution < 1.29 is 19.0 Å². The first kappa shape index (κ1) is 20.9. The molecule has 1 amide bonds. The number of likely N-dealkylation sites (tertiary alicyclic amines) is 1. The lowest BCUT2D eigenvalue weighted by Crippen LogP contribution is -2.69. The molecule has 4 fully saturated rings. The van der Waals surface area contributed by atoms with Crippen molar-refractivity contribution in [3.8, 4) is 5.75 Å². The van der Waals surface area contributed by atoms with Gasteiger partial charge in [-0.3, -0.25) is 9.69 Å². The summed E-state index contributed by atoms with van der Waals surface area (Å²) < 4.78 is 20.8. The number of aromatic hydroxyl groups is 1. The van der Waals surface area contributed by atoms with Crippen LogP contribution in [0.5, 0.6) is 5.75 Å². The molecule has 4 bridgehead atoms. The molecule has 178 valence electrons. The van der Waals surface area contributed by atoms with Crippen LogP contribution in [0.25, 0.3) is 0 Å². The van der Waals surface area contributed by atoms with Crippen LogP contribution in [-0.2, 0) is 16.6 Å². The van der Waals surface area contributed by atoms with Crippen molar-refractivity contribution in [3.05, 3.63) is 65.0 Å². The van der Waals surface area contributed by atoms with Crippen molar-refractivity contribution in [1.29, 1.82) is 0 Å². The smallest absolute Gasteiger partial charge is 0.251 e. The fraction of sp³-hybridized carbons (Fsp3) is 0.536. The number of nitrogens with one attached hydrogen (secondary N) is 1. The van der Waals surface area contributed by atoms with Crippen molar-refractivity contribution >= 4 is 5.91 Å². The lowest BCUT2D eigenvalue weighted by atomic mass is 9.50. The van der Waals surface area contributed by atoms with Crippen LogP contribution in [0.2, 0.25) is 0 Å². The van der Waals surface area contributed by atoms with Gasteiger partial charge in [-0.1, -0.05) is 12.1 Å². The number of fused-ring (bicyclic) bond motifs is 2. The minimum Gasteiger partial charge on any atom is -0.508 e. The molecule has 2 aliphatic carbocycles. The molecule has 5 aliphatic rings. The van der Waals surface area contributed by atoms with E-state index in [0.717, 1.165) is 51.1 Å². The topological polar surface area (TPSA) is 61.8 Å². The van der Waals surface area contributed by atoms with Gasteiger partial charge >= 0.3 is 0 Å². The summed E-state index contributed by atoms with van der Waals surface area (Å²) in [4.78, 5) is 15.5. The number of hydrogen-bond donors (Lipinski definition) is 2. The third-order valence-corrected chi connectivity index (χ3v) is 9.46. The van der Waals surface area contributed by atoms with Crippen LogP contribution in [0.3, 0.4) is 0 Å². The Morgan fingerprint density at radius 3 is 2.88 bits per heavy atom. The summed E-state index contributed by atoms with van der Waals surface area (Å²) >= 11 is 0. The van der Waals surface area contributed by atoms with Crippen molar-refractivity contribution in [1.82, 2.24) is 10.2 Å². The second-order valence-corrected chi connectivity index (χ2v) is 11.4. The van der Waals surface area contributed by atoms with Crippen LogP contribution < -0.4 is 5.32 Å². The van der Waals surface area contributed by atoms with Gasteiger partial charge in [0.25, 0.3) is 5.91 Å². The van der Waals surface area contributed by atoms with Crippen molar-refractivity contribution in [2.75, 3.05) is 19.6 Å². The maximum atomic E-state index is 13.6. The van der Waals surface area contributed by atoms with Gasteiger partial charge in [0.1, 0.15) is 11.6 Å². The first-order valence-electron chi connectivity index (χ1n) is 12.7. The molecule has 3 aliphatic heterocycles. The number of rotatable bonds is 5. The average molecular weight is 463 g/mol. The summed E-state index contributed by atoms with van der Waals surface area (Å²) in [5, 5.41) is 13.5. The summed E-state index contributed by atoms with van der Waals surface area (Å²) in [5.74, 6) is 0.470. The van der Waals surface area contributed by atoms with Crippen LogP contribution in [0.1, 0.15) is 60.0 Å². The average Bonchev–Trinajstić information content (AvgIpc) is 3.49. The molecule has 6 heteroatoms. The molecule has 7 rings (SSSR count). The van der Waals surface area contributed by atoms with Crippen LogP contribution in [-0.4, -0.2) is 52.8 Å². The van der Waals surface area contributed by atoms with Crippen LogP contribution in [0.15, 0.2) is 42.5 Å². The van der Waals surface area contributed by atoms with Gasteiger partial charge in [-0.25, -0.2) is 4.39 Å². The van der Waals surface area contributed by atoms with E-state index in [1.165, 1.54) is 36.1 Å². The predicted molar refractivity (Wildman–Crippen MR) is 125 cm³/mol. The molecule has 2 aromatic carbocycles.